The van der Waals surface area contributed by atoms with Crippen LogP contribution in [-0.2, 0) is 20.3 Å². The molecule has 2 rings (SSSR count). The zero-order chi connectivity index (χ0) is 16.3. The molecule has 1 aromatic heterocycles. The maximum Gasteiger partial charge on any atom is 0.355 e. The number of carbonyl (C=O) groups excluding carboxylic acids is 1. The third kappa shape index (κ3) is 3.14. The van der Waals surface area contributed by atoms with Crippen molar-refractivity contribution in [3.63, 3.8) is 0 Å². The van der Waals surface area contributed by atoms with Gasteiger partial charge in [-0.2, -0.15) is 0 Å². The van der Waals surface area contributed by atoms with Gasteiger partial charge in [0.2, 0.25) is 0 Å². The van der Waals surface area contributed by atoms with Crippen molar-refractivity contribution in [2.24, 2.45) is 0 Å². The molecule has 0 radical (unpaired) electrons. The van der Waals surface area contributed by atoms with Gasteiger partial charge in [-0.25, -0.2) is 18.0 Å². The monoisotopic (exact) mass is 324 g/mol. The number of hydrogen-bond acceptors (Lipinski definition) is 6. The van der Waals surface area contributed by atoms with Gasteiger partial charge < -0.3 is 9.72 Å². The molecule has 0 amide bonds. The molecular weight excluding hydrogens is 312 g/mol. The topological polar surface area (TPSA) is 126 Å². The summed E-state index contributed by atoms with van der Waals surface area (Å²) in [5, 5.41) is 0. The number of aromatic amines is 2. The minimum atomic E-state index is -3.86. The Morgan fingerprint density at radius 3 is 2.36 bits per heavy atom. The van der Waals surface area contributed by atoms with E-state index in [1.807, 2.05) is 4.98 Å². The zero-order valence-electron chi connectivity index (χ0n) is 11.5. The highest BCUT2D eigenvalue weighted by Gasteiger charge is 2.24. The largest absolute Gasteiger partial charge is 0.464 e. The van der Waals surface area contributed by atoms with E-state index in [0.29, 0.717) is 0 Å². The average Bonchev–Trinajstić information content (AvgIpc) is 2.49. The number of hydrogen-bond donors (Lipinski definition) is 2. The number of nitrogens with one attached hydrogen (secondary N) is 2. The summed E-state index contributed by atoms with van der Waals surface area (Å²) >= 11 is 0. The Balaban J connectivity index is 2.57. The summed E-state index contributed by atoms with van der Waals surface area (Å²) in [4.78, 5) is 38.7. The number of sulfone groups is 1. The Bertz CT molecular complexity index is 912. The molecule has 0 unspecified atom stereocenters. The lowest BCUT2D eigenvalue weighted by atomic mass is 10.2. The molecule has 1 heterocycles. The number of ether oxygens (including phenoxy) is 1. The molecule has 0 saturated heterocycles. The number of aromatic nitrogens is 2. The van der Waals surface area contributed by atoms with Gasteiger partial charge in [-0.3, -0.25) is 9.78 Å². The Hall–Kier alpha value is -2.68. The van der Waals surface area contributed by atoms with E-state index in [2.05, 4.69) is 9.72 Å². The minimum Gasteiger partial charge on any atom is -0.464 e. The molecule has 0 atom stereocenters. The first-order chi connectivity index (χ1) is 10.3. The van der Waals surface area contributed by atoms with Crippen LogP contribution in [0, 0.1) is 0 Å². The zero-order valence-corrected chi connectivity index (χ0v) is 12.3. The Morgan fingerprint density at radius 1 is 1.14 bits per heavy atom. The fourth-order valence-electron chi connectivity index (χ4n) is 1.83. The van der Waals surface area contributed by atoms with Crippen molar-refractivity contribution in [2.45, 2.75) is 10.6 Å². The SMILES string of the molecule is COC(=O)c1[nH]c(=O)[nH]c(=O)c1CS(=O)(=O)c1ccccc1. The smallest absolute Gasteiger partial charge is 0.355 e. The standard InChI is InChI=1S/C13H12N2O6S/c1-21-12(17)10-9(11(16)15-13(18)14-10)7-22(19,20)8-5-3-2-4-6-8/h2-6H,7H2,1H3,(H2,14,15,16,18). The van der Waals surface area contributed by atoms with Crippen LogP contribution >= 0.6 is 0 Å². The van der Waals surface area contributed by atoms with E-state index >= 15 is 0 Å². The second-order valence-electron chi connectivity index (χ2n) is 4.33. The summed E-state index contributed by atoms with van der Waals surface area (Å²) < 4.78 is 29.1. The Kier molecular flexibility index (Phi) is 4.27. The maximum atomic E-state index is 12.3. The summed E-state index contributed by atoms with van der Waals surface area (Å²) in [6.07, 6.45) is 0. The van der Waals surface area contributed by atoms with Gasteiger partial charge >= 0.3 is 11.7 Å². The fourth-order valence-corrected chi connectivity index (χ4v) is 3.22. The van der Waals surface area contributed by atoms with Gasteiger partial charge in [0.25, 0.3) is 5.56 Å². The number of rotatable bonds is 4. The first-order valence-corrected chi connectivity index (χ1v) is 7.72. The van der Waals surface area contributed by atoms with Gasteiger partial charge in [-0.15, -0.1) is 0 Å². The molecule has 22 heavy (non-hydrogen) atoms. The van der Waals surface area contributed by atoms with Crippen molar-refractivity contribution in [3.8, 4) is 0 Å². The third-order valence-corrected chi connectivity index (χ3v) is 4.53. The minimum absolute atomic E-state index is 0.00332. The lowest BCUT2D eigenvalue weighted by molar-refractivity contribution is 0.0592. The predicted molar refractivity (Wildman–Crippen MR) is 76.4 cm³/mol. The summed E-state index contributed by atoms with van der Waals surface area (Å²) in [7, 11) is -2.81. The van der Waals surface area contributed by atoms with Crippen molar-refractivity contribution in [1.29, 1.82) is 0 Å². The highest BCUT2D eigenvalue weighted by Crippen LogP contribution is 2.15. The first kappa shape index (κ1) is 15.7. The summed E-state index contributed by atoms with van der Waals surface area (Å²) in [6, 6.07) is 7.45. The van der Waals surface area contributed by atoms with Crippen molar-refractivity contribution < 1.29 is 17.9 Å². The molecule has 9 heteroatoms. The van der Waals surface area contributed by atoms with Crippen LogP contribution in [-0.4, -0.2) is 31.5 Å². The van der Waals surface area contributed by atoms with Gasteiger partial charge in [0.05, 0.1) is 23.3 Å². The Morgan fingerprint density at radius 2 is 1.77 bits per heavy atom. The van der Waals surface area contributed by atoms with Crippen LogP contribution in [0.2, 0.25) is 0 Å². The normalized spacial score (nSPS) is 11.1. The van der Waals surface area contributed by atoms with E-state index in [-0.39, 0.29) is 10.5 Å². The lowest BCUT2D eigenvalue weighted by Gasteiger charge is -2.07. The van der Waals surface area contributed by atoms with Crippen molar-refractivity contribution in [1.82, 2.24) is 9.97 Å². The van der Waals surface area contributed by atoms with E-state index < -0.39 is 38.5 Å². The van der Waals surface area contributed by atoms with Crippen molar-refractivity contribution in [3.05, 3.63) is 62.4 Å². The van der Waals surface area contributed by atoms with Gasteiger partial charge in [-0.05, 0) is 12.1 Å². The molecule has 0 fully saturated rings. The van der Waals surface area contributed by atoms with Crippen LogP contribution in [0.1, 0.15) is 16.1 Å². The maximum absolute atomic E-state index is 12.3. The lowest BCUT2D eigenvalue weighted by Crippen LogP contribution is -2.31. The fraction of sp³-hybridized carbons (Fsp3) is 0.154. The van der Waals surface area contributed by atoms with E-state index in [4.69, 9.17) is 0 Å². The molecule has 2 N–H and O–H groups in total. The molecule has 0 spiro atoms. The molecule has 0 bridgehead atoms. The van der Waals surface area contributed by atoms with Crippen LogP contribution in [0.5, 0.6) is 0 Å². The molecule has 0 aliphatic heterocycles. The molecule has 0 saturated carbocycles. The summed E-state index contributed by atoms with van der Waals surface area (Å²) in [5.74, 6) is -1.74. The van der Waals surface area contributed by atoms with Crippen LogP contribution in [0.4, 0.5) is 0 Å². The molecule has 8 nitrogen and oxygen atoms in total. The van der Waals surface area contributed by atoms with Crippen LogP contribution in [0.15, 0.2) is 44.8 Å². The first-order valence-electron chi connectivity index (χ1n) is 6.07. The number of benzene rings is 1. The van der Waals surface area contributed by atoms with E-state index in [0.717, 1.165) is 7.11 Å². The third-order valence-electron chi connectivity index (χ3n) is 2.87. The van der Waals surface area contributed by atoms with Gasteiger partial charge in [0.15, 0.2) is 9.84 Å². The van der Waals surface area contributed by atoms with Crippen LogP contribution < -0.4 is 11.2 Å². The van der Waals surface area contributed by atoms with Crippen molar-refractivity contribution in [2.75, 3.05) is 7.11 Å². The van der Waals surface area contributed by atoms with Gasteiger partial charge in [0, 0.05) is 0 Å². The number of carbonyl (C=O) groups is 1. The highest BCUT2D eigenvalue weighted by molar-refractivity contribution is 7.90. The molecule has 116 valence electrons. The van der Waals surface area contributed by atoms with Crippen LogP contribution in [0.25, 0.3) is 0 Å². The van der Waals surface area contributed by atoms with Crippen molar-refractivity contribution >= 4 is 15.8 Å². The molecule has 1 aromatic carbocycles. The molecule has 0 aliphatic rings. The van der Waals surface area contributed by atoms with Gasteiger partial charge in [-0.1, -0.05) is 18.2 Å². The number of esters is 1. The quantitative estimate of drug-likeness (QED) is 0.752. The van der Waals surface area contributed by atoms with Gasteiger partial charge in [0.1, 0.15) is 5.69 Å². The Labute approximate surface area is 124 Å². The van der Waals surface area contributed by atoms with E-state index in [1.54, 1.807) is 6.07 Å². The molecule has 0 aliphatic carbocycles. The second kappa shape index (κ2) is 5.98. The highest BCUT2D eigenvalue weighted by atomic mass is 32.2. The van der Waals surface area contributed by atoms with Crippen LogP contribution in [0.3, 0.4) is 0 Å². The molecular formula is C13H12N2O6S. The number of methoxy groups -OCH3 is 1. The average molecular weight is 324 g/mol. The van der Waals surface area contributed by atoms with E-state index in [1.165, 1.54) is 24.3 Å². The molecule has 2 aromatic rings. The summed E-state index contributed by atoms with van der Waals surface area (Å²) in [5.41, 5.74) is -2.74. The predicted octanol–water partition coefficient (Wildman–Crippen LogP) is -0.176. The summed E-state index contributed by atoms with van der Waals surface area (Å²) in [6.45, 7) is 0. The second-order valence-corrected chi connectivity index (χ2v) is 6.32. The van der Waals surface area contributed by atoms with E-state index in [9.17, 15) is 22.8 Å². The number of H-pyrrole nitrogens is 2.